The number of pyridine rings is 1. The average molecular weight is 266 g/mol. The molecule has 0 aliphatic heterocycles. The average Bonchev–Trinajstić information content (AvgIpc) is 2.46. The highest BCUT2D eigenvalue weighted by Crippen LogP contribution is 2.33. The molecule has 0 saturated carbocycles. The van der Waals surface area contributed by atoms with Crippen molar-refractivity contribution in [2.45, 2.75) is 13.0 Å². The van der Waals surface area contributed by atoms with Crippen molar-refractivity contribution >= 4 is 10.9 Å². The summed E-state index contributed by atoms with van der Waals surface area (Å²) in [5, 5.41) is 0.797. The van der Waals surface area contributed by atoms with Crippen LogP contribution in [-0.2, 0) is 0 Å². The van der Waals surface area contributed by atoms with Crippen LogP contribution in [0.2, 0.25) is 0 Å². The Bertz CT molecular complexity index is 752. The lowest BCUT2D eigenvalue weighted by Gasteiger charge is -2.15. The van der Waals surface area contributed by atoms with Gasteiger partial charge in [-0.25, -0.2) is 4.39 Å². The zero-order valence-corrected chi connectivity index (χ0v) is 11.2. The summed E-state index contributed by atoms with van der Waals surface area (Å²) in [6.45, 7) is 1.91. The van der Waals surface area contributed by atoms with Crippen LogP contribution in [0.4, 0.5) is 4.39 Å². The number of fused-ring (bicyclic) bond motifs is 1. The van der Waals surface area contributed by atoms with Gasteiger partial charge >= 0.3 is 0 Å². The normalized spacial score (nSPS) is 12.6. The zero-order valence-electron chi connectivity index (χ0n) is 11.2. The molecule has 1 atom stereocenters. The highest BCUT2D eigenvalue weighted by atomic mass is 19.1. The minimum atomic E-state index is -0.265. The van der Waals surface area contributed by atoms with Crippen LogP contribution in [0.15, 0.2) is 54.7 Å². The first-order valence-electron chi connectivity index (χ1n) is 6.56. The van der Waals surface area contributed by atoms with E-state index in [1.165, 1.54) is 12.1 Å². The Morgan fingerprint density at radius 2 is 1.85 bits per heavy atom. The third-order valence-corrected chi connectivity index (χ3v) is 3.41. The van der Waals surface area contributed by atoms with Crippen molar-refractivity contribution in [2.75, 3.05) is 0 Å². The lowest BCUT2D eigenvalue weighted by atomic mass is 9.93. The Morgan fingerprint density at radius 3 is 2.55 bits per heavy atom. The molecule has 3 aromatic rings. The molecule has 3 heteroatoms. The predicted octanol–water partition coefficient (Wildman–Crippen LogP) is 4.06. The lowest BCUT2D eigenvalue weighted by Crippen LogP contribution is -2.08. The summed E-state index contributed by atoms with van der Waals surface area (Å²) in [4.78, 5) is 4.38. The van der Waals surface area contributed by atoms with E-state index in [4.69, 9.17) is 5.73 Å². The second-order valence-corrected chi connectivity index (χ2v) is 4.90. The van der Waals surface area contributed by atoms with Gasteiger partial charge in [-0.15, -0.1) is 0 Å². The summed E-state index contributed by atoms with van der Waals surface area (Å²) < 4.78 is 13.6. The predicted molar refractivity (Wildman–Crippen MR) is 79.7 cm³/mol. The third-order valence-electron chi connectivity index (χ3n) is 3.41. The van der Waals surface area contributed by atoms with E-state index in [1.54, 1.807) is 12.3 Å². The van der Waals surface area contributed by atoms with Crippen molar-refractivity contribution < 1.29 is 4.39 Å². The summed E-state index contributed by atoms with van der Waals surface area (Å²) in [6.07, 6.45) is 1.78. The van der Waals surface area contributed by atoms with E-state index < -0.39 is 0 Å². The second kappa shape index (κ2) is 5.02. The standard InChI is InChI=1S/C17H15FN2/c1-11(19)15-10-20-16-8-7-13(18)9-14(16)17(15)12-5-3-2-4-6-12/h2-11H,19H2,1H3. The van der Waals surface area contributed by atoms with Crippen molar-refractivity contribution in [1.82, 2.24) is 4.98 Å². The van der Waals surface area contributed by atoms with Gasteiger partial charge in [0.25, 0.3) is 0 Å². The zero-order chi connectivity index (χ0) is 14.1. The topological polar surface area (TPSA) is 38.9 Å². The van der Waals surface area contributed by atoms with Crippen molar-refractivity contribution in [3.8, 4) is 11.1 Å². The van der Waals surface area contributed by atoms with Gasteiger partial charge in [0.2, 0.25) is 0 Å². The quantitative estimate of drug-likeness (QED) is 0.759. The van der Waals surface area contributed by atoms with Crippen LogP contribution in [0.25, 0.3) is 22.0 Å². The Labute approximate surface area is 117 Å². The van der Waals surface area contributed by atoms with Gasteiger partial charge < -0.3 is 5.73 Å². The number of nitrogens with two attached hydrogens (primary N) is 1. The maximum absolute atomic E-state index is 13.6. The number of hydrogen-bond acceptors (Lipinski definition) is 2. The number of rotatable bonds is 2. The molecule has 3 rings (SSSR count). The van der Waals surface area contributed by atoms with Crippen molar-refractivity contribution in [3.05, 3.63) is 66.1 Å². The van der Waals surface area contributed by atoms with Crippen LogP contribution in [0.5, 0.6) is 0 Å². The summed E-state index contributed by atoms with van der Waals surface area (Å²) in [6, 6.07) is 14.4. The lowest BCUT2D eigenvalue weighted by molar-refractivity contribution is 0.629. The van der Waals surface area contributed by atoms with Gasteiger partial charge in [0.15, 0.2) is 0 Å². The molecule has 2 N–H and O–H groups in total. The number of hydrogen-bond donors (Lipinski definition) is 1. The van der Waals surface area contributed by atoms with E-state index in [0.717, 1.165) is 27.6 Å². The highest BCUT2D eigenvalue weighted by molar-refractivity contribution is 5.96. The summed E-state index contributed by atoms with van der Waals surface area (Å²) in [5.74, 6) is -0.265. The molecule has 2 nitrogen and oxygen atoms in total. The molecular weight excluding hydrogens is 251 g/mol. The van der Waals surface area contributed by atoms with E-state index in [-0.39, 0.29) is 11.9 Å². The fourth-order valence-corrected chi connectivity index (χ4v) is 2.45. The molecular formula is C17H15FN2. The van der Waals surface area contributed by atoms with E-state index >= 15 is 0 Å². The minimum absolute atomic E-state index is 0.162. The Kier molecular flexibility index (Phi) is 3.20. The largest absolute Gasteiger partial charge is 0.324 e. The first-order chi connectivity index (χ1) is 9.66. The highest BCUT2D eigenvalue weighted by Gasteiger charge is 2.14. The SMILES string of the molecule is CC(N)c1cnc2ccc(F)cc2c1-c1ccccc1. The number of aromatic nitrogens is 1. The maximum atomic E-state index is 13.6. The number of nitrogens with zero attached hydrogens (tertiary/aromatic N) is 1. The Hall–Kier alpha value is -2.26. The molecule has 100 valence electrons. The first kappa shape index (κ1) is 12.8. The Morgan fingerprint density at radius 1 is 1.10 bits per heavy atom. The van der Waals surface area contributed by atoms with Crippen LogP contribution in [-0.4, -0.2) is 4.98 Å². The van der Waals surface area contributed by atoms with E-state index in [1.807, 2.05) is 37.3 Å². The van der Waals surface area contributed by atoms with Crippen LogP contribution in [0.3, 0.4) is 0 Å². The maximum Gasteiger partial charge on any atom is 0.123 e. The fourth-order valence-electron chi connectivity index (χ4n) is 2.45. The molecule has 0 spiro atoms. The van der Waals surface area contributed by atoms with E-state index in [9.17, 15) is 4.39 Å². The van der Waals surface area contributed by atoms with E-state index in [0.29, 0.717) is 0 Å². The van der Waals surface area contributed by atoms with Gasteiger partial charge in [0, 0.05) is 17.6 Å². The molecule has 1 unspecified atom stereocenters. The van der Waals surface area contributed by atoms with E-state index in [2.05, 4.69) is 4.98 Å². The summed E-state index contributed by atoms with van der Waals surface area (Å²) in [7, 11) is 0. The molecule has 1 aromatic heterocycles. The van der Waals surface area contributed by atoms with Gasteiger partial charge in [-0.05, 0) is 41.8 Å². The smallest absolute Gasteiger partial charge is 0.123 e. The molecule has 0 aliphatic carbocycles. The Balaban J connectivity index is 2.41. The fraction of sp³-hybridized carbons (Fsp3) is 0.118. The van der Waals surface area contributed by atoms with Gasteiger partial charge in [-0.3, -0.25) is 4.98 Å². The first-order valence-corrected chi connectivity index (χ1v) is 6.56. The van der Waals surface area contributed by atoms with Crippen LogP contribution >= 0.6 is 0 Å². The molecule has 0 bridgehead atoms. The van der Waals surface area contributed by atoms with Crippen LogP contribution in [0, 0.1) is 5.82 Å². The summed E-state index contributed by atoms with van der Waals surface area (Å²) >= 11 is 0. The van der Waals surface area contributed by atoms with Crippen molar-refractivity contribution in [3.63, 3.8) is 0 Å². The van der Waals surface area contributed by atoms with Crippen LogP contribution < -0.4 is 5.73 Å². The number of benzene rings is 2. The minimum Gasteiger partial charge on any atom is -0.324 e. The summed E-state index contributed by atoms with van der Waals surface area (Å²) in [5.41, 5.74) is 9.73. The second-order valence-electron chi connectivity index (χ2n) is 4.90. The molecule has 0 aliphatic rings. The van der Waals surface area contributed by atoms with Crippen molar-refractivity contribution in [1.29, 1.82) is 0 Å². The molecule has 20 heavy (non-hydrogen) atoms. The van der Waals surface area contributed by atoms with Crippen LogP contribution in [0.1, 0.15) is 18.5 Å². The third kappa shape index (κ3) is 2.17. The molecule has 1 heterocycles. The van der Waals surface area contributed by atoms with Gasteiger partial charge in [-0.2, -0.15) is 0 Å². The molecule has 0 amide bonds. The van der Waals surface area contributed by atoms with Crippen molar-refractivity contribution in [2.24, 2.45) is 5.73 Å². The van der Waals surface area contributed by atoms with Gasteiger partial charge in [0.05, 0.1) is 5.52 Å². The molecule has 0 saturated heterocycles. The van der Waals surface area contributed by atoms with Gasteiger partial charge in [-0.1, -0.05) is 30.3 Å². The molecule has 2 aromatic carbocycles. The van der Waals surface area contributed by atoms with Gasteiger partial charge in [0.1, 0.15) is 5.82 Å². The molecule has 0 radical (unpaired) electrons. The number of halogens is 1. The monoisotopic (exact) mass is 266 g/mol. The molecule has 0 fully saturated rings.